The summed E-state index contributed by atoms with van der Waals surface area (Å²) in [6, 6.07) is 5.63. The van der Waals surface area contributed by atoms with Gasteiger partial charge in [0.15, 0.2) is 0 Å². The summed E-state index contributed by atoms with van der Waals surface area (Å²) in [6.07, 6.45) is 0. The summed E-state index contributed by atoms with van der Waals surface area (Å²) in [5.41, 5.74) is 2.03. The molecule has 1 aromatic carbocycles. The molecule has 0 saturated carbocycles. The van der Waals surface area contributed by atoms with Gasteiger partial charge in [0.1, 0.15) is 5.75 Å². The minimum Gasteiger partial charge on any atom is -0.495 e. The quantitative estimate of drug-likeness (QED) is 0.753. The second kappa shape index (κ2) is 4.68. The van der Waals surface area contributed by atoms with Crippen LogP contribution in [0.15, 0.2) is 24.8 Å². The van der Waals surface area contributed by atoms with Crippen molar-refractivity contribution in [1.82, 2.24) is 0 Å². The van der Waals surface area contributed by atoms with Gasteiger partial charge in [-0.1, -0.05) is 40.2 Å². The van der Waals surface area contributed by atoms with E-state index in [1.807, 2.05) is 18.2 Å². The lowest BCUT2D eigenvalue weighted by molar-refractivity contribution is 0.415. The molecule has 0 aromatic heterocycles. The first-order chi connectivity index (χ1) is 6.19. The van der Waals surface area contributed by atoms with E-state index >= 15 is 0 Å². The highest BCUT2D eigenvalue weighted by atomic mass is 79.9. The van der Waals surface area contributed by atoms with E-state index in [2.05, 4.69) is 22.5 Å². The Hall–Kier alpha value is -0.470. The average molecular weight is 262 g/mol. The van der Waals surface area contributed by atoms with Gasteiger partial charge in [-0.3, -0.25) is 0 Å². The summed E-state index contributed by atoms with van der Waals surface area (Å²) in [5.74, 6) is 0.688. The number of rotatable bonds is 3. The third kappa shape index (κ3) is 2.48. The van der Waals surface area contributed by atoms with Crippen LogP contribution in [0.1, 0.15) is 5.56 Å². The van der Waals surface area contributed by atoms with Crippen molar-refractivity contribution in [2.45, 2.75) is 0 Å². The molecule has 0 spiro atoms. The summed E-state index contributed by atoms with van der Waals surface area (Å²) < 4.78 is 5.04. The topological polar surface area (TPSA) is 9.23 Å². The molecule has 0 unspecified atom stereocenters. The summed E-state index contributed by atoms with van der Waals surface area (Å²) in [7, 11) is 1.60. The molecular formula is C10H10BrClO. The lowest BCUT2D eigenvalue weighted by Crippen LogP contribution is -1.87. The van der Waals surface area contributed by atoms with Crippen molar-refractivity contribution in [2.24, 2.45) is 0 Å². The van der Waals surface area contributed by atoms with E-state index in [9.17, 15) is 0 Å². The second-order valence-electron chi connectivity index (χ2n) is 2.59. The van der Waals surface area contributed by atoms with Crippen molar-refractivity contribution in [3.63, 3.8) is 0 Å². The van der Waals surface area contributed by atoms with Gasteiger partial charge in [-0.15, -0.1) is 0 Å². The zero-order valence-corrected chi connectivity index (χ0v) is 9.65. The minimum absolute atomic E-state index is 0.613. The SMILES string of the molecule is C=C(CBr)c1ccc(OC)c(Cl)c1. The van der Waals surface area contributed by atoms with E-state index in [4.69, 9.17) is 16.3 Å². The number of methoxy groups -OCH3 is 1. The van der Waals surface area contributed by atoms with Gasteiger partial charge in [0.25, 0.3) is 0 Å². The third-order valence-electron chi connectivity index (χ3n) is 1.72. The van der Waals surface area contributed by atoms with Crippen molar-refractivity contribution in [1.29, 1.82) is 0 Å². The van der Waals surface area contributed by atoms with E-state index in [-0.39, 0.29) is 0 Å². The Morgan fingerprint density at radius 1 is 1.62 bits per heavy atom. The molecule has 70 valence electrons. The zero-order chi connectivity index (χ0) is 9.84. The molecule has 0 bridgehead atoms. The van der Waals surface area contributed by atoms with Crippen molar-refractivity contribution in [2.75, 3.05) is 12.4 Å². The van der Waals surface area contributed by atoms with Crippen LogP contribution in [0.3, 0.4) is 0 Å². The van der Waals surface area contributed by atoms with Gasteiger partial charge in [0, 0.05) is 5.33 Å². The van der Waals surface area contributed by atoms with Gasteiger partial charge in [0.05, 0.1) is 12.1 Å². The van der Waals surface area contributed by atoms with Crippen LogP contribution in [0, 0.1) is 0 Å². The van der Waals surface area contributed by atoms with Gasteiger partial charge in [-0.05, 0) is 23.3 Å². The van der Waals surface area contributed by atoms with Crippen molar-refractivity contribution < 1.29 is 4.74 Å². The van der Waals surface area contributed by atoms with Crippen molar-refractivity contribution in [3.8, 4) is 5.75 Å². The largest absolute Gasteiger partial charge is 0.495 e. The molecule has 0 amide bonds. The monoisotopic (exact) mass is 260 g/mol. The number of halogens is 2. The van der Waals surface area contributed by atoms with E-state index in [1.54, 1.807) is 7.11 Å². The van der Waals surface area contributed by atoms with Crippen LogP contribution in [-0.2, 0) is 0 Å². The molecule has 3 heteroatoms. The Labute approximate surface area is 91.5 Å². The maximum Gasteiger partial charge on any atom is 0.137 e. The van der Waals surface area contributed by atoms with Crippen molar-refractivity contribution >= 4 is 33.1 Å². The van der Waals surface area contributed by atoms with Crippen molar-refractivity contribution in [3.05, 3.63) is 35.4 Å². The maximum absolute atomic E-state index is 5.95. The number of benzene rings is 1. The Morgan fingerprint density at radius 3 is 2.77 bits per heavy atom. The molecule has 0 atom stereocenters. The Morgan fingerprint density at radius 2 is 2.31 bits per heavy atom. The molecule has 0 N–H and O–H groups in total. The predicted molar refractivity (Wildman–Crippen MR) is 60.8 cm³/mol. The normalized spacial score (nSPS) is 9.77. The van der Waals surface area contributed by atoms with Gasteiger partial charge < -0.3 is 4.74 Å². The van der Waals surface area contributed by atoms with E-state index < -0.39 is 0 Å². The van der Waals surface area contributed by atoms with Crippen LogP contribution >= 0.6 is 27.5 Å². The van der Waals surface area contributed by atoms with E-state index in [1.165, 1.54) is 0 Å². The first-order valence-electron chi connectivity index (χ1n) is 3.76. The van der Waals surface area contributed by atoms with Gasteiger partial charge in [-0.25, -0.2) is 0 Å². The van der Waals surface area contributed by atoms with Crippen LogP contribution in [0.25, 0.3) is 5.57 Å². The molecule has 0 radical (unpaired) electrons. The van der Waals surface area contributed by atoms with Crippen LogP contribution in [0.4, 0.5) is 0 Å². The summed E-state index contributed by atoms with van der Waals surface area (Å²) in [4.78, 5) is 0. The number of hydrogen-bond acceptors (Lipinski definition) is 1. The Kier molecular flexibility index (Phi) is 3.82. The first kappa shape index (κ1) is 10.6. The van der Waals surface area contributed by atoms with Crippen LogP contribution in [0.2, 0.25) is 5.02 Å². The second-order valence-corrected chi connectivity index (χ2v) is 3.55. The fourth-order valence-electron chi connectivity index (χ4n) is 0.963. The smallest absolute Gasteiger partial charge is 0.137 e. The molecule has 1 nitrogen and oxygen atoms in total. The molecule has 1 rings (SSSR count). The molecule has 0 aliphatic rings. The minimum atomic E-state index is 0.613. The number of alkyl halides is 1. The molecule has 0 heterocycles. The molecule has 0 saturated heterocycles. The number of allylic oxidation sites excluding steroid dienone is 1. The van der Waals surface area contributed by atoms with Gasteiger partial charge >= 0.3 is 0 Å². The molecular weight excluding hydrogens is 251 g/mol. The average Bonchev–Trinajstić information content (AvgIpc) is 2.16. The molecule has 0 aliphatic heterocycles. The highest BCUT2D eigenvalue weighted by Gasteiger charge is 2.03. The van der Waals surface area contributed by atoms with Crippen LogP contribution in [0.5, 0.6) is 5.75 Å². The fraction of sp³-hybridized carbons (Fsp3) is 0.200. The summed E-state index contributed by atoms with van der Waals surface area (Å²) >= 11 is 9.29. The summed E-state index contributed by atoms with van der Waals surface area (Å²) in [6.45, 7) is 3.89. The highest BCUT2D eigenvalue weighted by molar-refractivity contribution is 9.09. The van der Waals surface area contributed by atoms with Crippen LogP contribution < -0.4 is 4.74 Å². The molecule has 13 heavy (non-hydrogen) atoms. The fourth-order valence-corrected chi connectivity index (χ4v) is 1.54. The zero-order valence-electron chi connectivity index (χ0n) is 7.31. The van der Waals surface area contributed by atoms with E-state index in [0.29, 0.717) is 10.8 Å². The third-order valence-corrected chi connectivity index (χ3v) is 2.69. The molecule has 0 fully saturated rings. The molecule has 1 aromatic rings. The summed E-state index contributed by atoms with van der Waals surface area (Å²) in [5, 5.41) is 1.36. The Balaban J connectivity index is 3.02. The lowest BCUT2D eigenvalue weighted by atomic mass is 10.1. The molecule has 0 aliphatic carbocycles. The number of ether oxygens (including phenoxy) is 1. The van der Waals surface area contributed by atoms with Crippen LogP contribution in [-0.4, -0.2) is 12.4 Å². The standard InChI is InChI=1S/C10H10BrClO/c1-7(6-11)8-3-4-10(13-2)9(12)5-8/h3-5H,1,6H2,2H3. The van der Waals surface area contributed by atoms with Gasteiger partial charge in [-0.2, -0.15) is 0 Å². The maximum atomic E-state index is 5.95. The highest BCUT2D eigenvalue weighted by Crippen LogP contribution is 2.27. The first-order valence-corrected chi connectivity index (χ1v) is 5.26. The lowest BCUT2D eigenvalue weighted by Gasteiger charge is -2.06. The Bertz CT molecular complexity index is 323. The van der Waals surface area contributed by atoms with E-state index in [0.717, 1.165) is 16.5 Å². The number of hydrogen-bond donors (Lipinski definition) is 0. The predicted octanol–water partition coefficient (Wildman–Crippen LogP) is 3.76. The van der Waals surface area contributed by atoms with Gasteiger partial charge in [0.2, 0.25) is 0 Å².